The summed E-state index contributed by atoms with van der Waals surface area (Å²) in [5.74, 6) is 0.550. The molecular weight excluding hydrogens is 240 g/mol. The van der Waals surface area contributed by atoms with Gasteiger partial charge in [0.1, 0.15) is 11.9 Å². The zero-order valence-electron chi connectivity index (χ0n) is 10.3. The van der Waals surface area contributed by atoms with Gasteiger partial charge in [0.15, 0.2) is 5.69 Å². The molecule has 5 nitrogen and oxygen atoms in total. The van der Waals surface area contributed by atoms with E-state index >= 15 is 0 Å². The Bertz CT molecular complexity index is 548. The summed E-state index contributed by atoms with van der Waals surface area (Å²) in [6.45, 7) is -0.00340. The van der Waals surface area contributed by atoms with Crippen LogP contribution in [0.5, 0.6) is 0 Å². The van der Waals surface area contributed by atoms with Gasteiger partial charge in [0, 0.05) is 0 Å². The van der Waals surface area contributed by atoms with Crippen molar-refractivity contribution < 1.29 is 5.11 Å². The van der Waals surface area contributed by atoms with Gasteiger partial charge in [-0.15, -0.1) is 0 Å². The number of benzene rings is 1. The number of aliphatic hydroxyl groups excluding tert-OH is 1. The van der Waals surface area contributed by atoms with Crippen LogP contribution in [0.2, 0.25) is 0 Å². The minimum absolute atomic E-state index is 0.00340. The topological polar surface area (TPSA) is 81.8 Å². The van der Waals surface area contributed by atoms with E-state index in [2.05, 4.69) is 15.3 Å². The lowest BCUT2D eigenvalue weighted by atomic mass is 10.1. The molecule has 0 saturated carbocycles. The molecule has 0 spiro atoms. The molecule has 0 bridgehead atoms. The van der Waals surface area contributed by atoms with Crippen molar-refractivity contribution in [3.05, 3.63) is 54.0 Å². The Morgan fingerprint density at radius 3 is 2.58 bits per heavy atom. The predicted molar refractivity (Wildman–Crippen MR) is 71.4 cm³/mol. The first-order chi connectivity index (χ1) is 9.31. The lowest BCUT2D eigenvalue weighted by Gasteiger charge is -2.16. The zero-order valence-corrected chi connectivity index (χ0v) is 10.3. The molecule has 1 aromatic heterocycles. The van der Waals surface area contributed by atoms with E-state index in [0.717, 1.165) is 5.56 Å². The molecule has 2 rings (SSSR count). The van der Waals surface area contributed by atoms with Crippen LogP contribution < -0.4 is 5.32 Å². The average molecular weight is 254 g/mol. The summed E-state index contributed by atoms with van der Waals surface area (Å²) in [6.07, 6.45) is 3.59. The Kier molecular flexibility index (Phi) is 4.43. The summed E-state index contributed by atoms with van der Waals surface area (Å²) >= 11 is 0. The number of hydrogen-bond donors (Lipinski definition) is 2. The van der Waals surface area contributed by atoms with Crippen molar-refractivity contribution in [1.29, 1.82) is 5.26 Å². The molecule has 19 heavy (non-hydrogen) atoms. The van der Waals surface area contributed by atoms with Crippen molar-refractivity contribution >= 4 is 5.82 Å². The second-order valence-corrected chi connectivity index (χ2v) is 4.11. The average Bonchev–Trinajstić information content (AvgIpc) is 2.48. The Balaban J connectivity index is 2.00. The van der Waals surface area contributed by atoms with Crippen LogP contribution in [-0.4, -0.2) is 27.7 Å². The van der Waals surface area contributed by atoms with Gasteiger partial charge >= 0.3 is 0 Å². The summed E-state index contributed by atoms with van der Waals surface area (Å²) in [5, 5.41) is 21.1. The fraction of sp³-hybridized carbons (Fsp3) is 0.214. The lowest BCUT2D eigenvalue weighted by molar-refractivity contribution is 0.273. The summed E-state index contributed by atoms with van der Waals surface area (Å²) in [5.41, 5.74) is 1.41. The molecule has 5 heteroatoms. The van der Waals surface area contributed by atoms with Crippen LogP contribution in [0.1, 0.15) is 11.3 Å². The highest BCUT2D eigenvalue weighted by Gasteiger charge is 2.09. The Morgan fingerprint density at radius 2 is 2.00 bits per heavy atom. The number of nitrogens with one attached hydrogen (secondary N) is 1. The fourth-order valence-corrected chi connectivity index (χ4v) is 1.73. The van der Waals surface area contributed by atoms with Gasteiger partial charge in [0.25, 0.3) is 0 Å². The predicted octanol–water partition coefficient (Wildman–Crippen LogP) is 1.36. The molecule has 2 aromatic rings. The first-order valence-electron chi connectivity index (χ1n) is 5.95. The fourth-order valence-electron chi connectivity index (χ4n) is 1.73. The van der Waals surface area contributed by atoms with Crippen LogP contribution in [0.3, 0.4) is 0 Å². The molecule has 0 fully saturated rings. The van der Waals surface area contributed by atoms with E-state index in [9.17, 15) is 5.11 Å². The SMILES string of the molecule is N#Cc1cnc(NC(CO)Cc2ccccc2)cn1. The molecule has 0 radical (unpaired) electrons. The van der Waals surface area contributed by atoms with Crippen molar-refractivity contribution in [2.75, 3.05) is 11.9 Å². The number of hydrogen-bond acceptors (Lipinski definition) is 5. The summed E-state index contributed by atoms with van der Waals surface area (Å²) in [6, 6.07) is 11.7. The Labute approximate surface area is 111 Å². The minimum Gasteiger partial charge on any atom is -0.394 e. The highest BCUT2D eigenvalue weighted by atomic mass is 16.3. The van der Waals surface area contributed by atoms with E-state index in [1.54, 1.807) is 0 Å². The van der Waals surface area contributed by atoms with Gasteiger partial charge in [-0.3, -0.25) is 0 Å². The maximum atomic E-state index is 9.39. The van der Waals surface area contributed by atoms with E-state index in [4.69, 9.17) is 5.26 Å². The third-order valence-electron chi connectivity index (χ3n) is 2.66. The van der Waals surface area contributed by atoms with Gasteiger partial charge < -0.3 is 10.4 Å². The van der Waals surface area contributed by atoms with Gasteiger partial charge in [-0.2, -0.15) is 5.26 Å². The maximum Gasteiger partial charge on any atom is 0.158 e. The van der Waals surface area contributed by atoms with Gasteiger partial charge in [0.2, 0.25) is 0 Å². The summed E-state index contributed by atoms with van der Waals surface area (Å²) in [4.78, 5) is 8.00. The van der Waals surface area contributed by atoms with Crippen molar-refractivity contribution in [3.8, 4) is 6.07 Å². The third kappa shape index (κ3) is 3.76. The van der Waals surface area contributed by atoms with Crippen molar-refractivity contribution in [1.82, 2.24) is 9.97 Å². The molecule has 96 valence electrons. The highest BCUT2D eigenvalue weighted by Crippen LogP contribution is 2.08. The maximum absolute atomic E-state index is 9.39. The molecule has 0 amide bonds. The van der Waals surface area contributed by atoms with Crippen LogP contribution in [0.15, 0.2) is 42.7 Å². The standard InChI is InChI=1S/C14H14N4O/c15-7-13-8-17-14(9-16-13)18-12(10-19)6-11-4-2-1-3-5-11/h1-5,8-9,12,19H,6,10H2,(H,17,18). The normalized spacial score (nSPS) is 11.6. The molecule has 1 unspecified atom stereocenters. The summed E-state index contributed by atoms with van der Waals surface area (Å²) < 4.78 is 0. The molecule has 1 atom stereocenters. The number of anilines is 1. The molecule has 0 aliphatic carbocycles. The minimum atomic E-state index is -0.135. The smallest absolute Gasteiger partial charge is 0.158 e. The van der Waals surface area contributed by atoms with Crippen molar-refractivity contribution in [2.45, 2.75) is 12.5 Å². The Morgan fingerprint density at radius 1 is 1.21 bits per heavy atom. The van der Waals surface area contributed by atoms with Gasteiger partial charge in [-0.25, -0.2) is 9.97 Å². The lowest BCUT2D eigenvalue weighted by Crippen LogP contribution is -2.26. The van der Waals surface area contributed by atoms with E-state index in [1.165, 1.54) is 12.4 Å². The molecule has 0 aliphatic heterocycles. The van der Waals surface area contributed by atoms with Gasteiger partial charge in [-0.1, -0.05) is 30.3 Å². The largest absolute Gasteiger partial charge is 0.394 e. The van der Waals surface area contributed by atoms with E-state index < -0.39 is 0 Å². The van der Waals surface area contributed by atoms with Crippen molar-refractivity contribution in [3.63, 3.8) is 0 Å². The van der Waals surface area contributed by atoms with Crippen molar-refractivity contribution in [2.24, 2.45) is 0 Å². The Hall–Kier alpha value is -2.45. The number of nitriles is 1. The second-order valence-electron chi connectivity index (χ2n) is 4.11. The van der Waals surface area contributed by atoms with Crippen LogP contribution in [-0.2, 0) is 6.42 Å². The van der Waals surface area contributed by atoms with Crippen LogP contribution in [0.25, 0.3) is 0 Å². The van der Waals surface area contributed by atoms with Crippen LogP contribution in [0.4, 0.5) is 5.82 Å². The zero-order chi connectivity index (χ0) is 13.5. The monoisotopic (exact) mass is 254 g/mol. The molecule has 0 aliphatic rings. The molecule has 1 aromatic carbocycles. The first kappa shape index (κ1) is 13.0. The third-order valence-corrected chi connectivity index (χ3v) is 2.66. The van der Waals surface area contributed by atoms with Gasteiger partial charge in [0.05, 0.1) is 25.0 Å². The van der Waals surface area contributed by atoms with Crippen LogP contribution >= 0.6 is 0 Å². The molecule has 2 N–H and O–H groups in total. The van der Waals surface area contributed by atoms with Gasteiger partial charge in [-0.05, 0) is 12.0 Å². The first-order valence-corrected chi connectivity index (χ1v) is 5.95. The molecule has 1 heterocycles. The van der Waals surface area contributed by atoms with E-state index in [0.29, 0.717) is 12.2 Å². The van der Waals surface area contributed by atoms with E-state index in [1.807, 2.05) is 36.4 Å². The van der Waals surface area contributed by atoms with Crippen LogP contribution in [0, 0.1) is 11.3 Å². The number of nitrogens with zero attached hydrogens (tertiary/aromatic N) is 3. The van der Waals surface area contributed by atoms with E-state index in [-0.39, 0.29) is 18.3 Å². The molecule has 0 saturated heterocycles. The highest BCUT2D eigenvalue weighted by molar-refractivity contribution is 5.35. The summed E-state index contributed by atoms with van der Waals surface area (Å²) in [7, 11) is 0. The molecular formula is C14H14N4O. The number of aliphatic hydroxyl groups is 1. The second kappa shape index (κ2) is 6.47. The number of rotatable bonds is 5. The quantitative estimate of drug-likeness (QED) is 0.842. The number of aromatic nitrogens is 2.